The van der Waals surface area contributed by atoms with Crippen LogP contribution in [-0.2, 0) is 0 Å². The first-order valence-electron chi connectivity index (χ1n) is 6.35. The Balaban J connectivity index is 2.35. The molecule has 1 N–H and O–H groups in total. The van der Waals surface area contributed by atoms with Crippen molar-refractivity contribution in [1.29, 1.82) is 0 Å². The highest BCUT2D eigenvalue weighted by Crippen LogP contribution is 2.24. The van der Waals surface area contributed by atoms with Crippen LogP contribution in [0.15, 0.2) is 28.9 Å². The molecule has 4 heteroatoms. The fraction of sp³-hybridized carbons (Fsp3) is 0.333. The summed E-state index contributed by atoms with van der Waals surface area (Å²) < 4.78 is 0.805. The van der Waals surface area contributed by atoms with Crippen molar-refractivity contribution in [1.82, 2.24) is 9.97 Å². The molecule has 2 rings (SSSR count). The molecule has 0 spiro atoms. The highest BCUT2D eigenvalue weighted by molar-refractivity contribution is 9.10. The lowest BCUT2D eigenvalue weighted by molar-refractivity contribution is 0.771. The number of anilines is 2. The summed E-state index contributed by atoms with van der Waals surface area (Å²) in [5, 5.41) is 3.37. The largest absolute Gasteiger partial charge is 0.340 e. The molecule has 0 atom stereocenters. The third-order valence-corrected chi connectivity index (χ3v) is 3.50. The number of aryl methyl sites for hydroxylation is 1. The van der Waals surface area contributed by atoms with Crippen LogP contribution in [0, 0.1) is 13.8 Å². The number of rotatable bonds is 3. The van der Waals surface area contributed by atoms with Crippen LogP contribution in [0.25, 0.3) is 0 Å². The second-order valence-corrected chi connectivity index (χ2v) is 5.77. The van der Waals surface area contributed by atoms with E-state index in [1.165, 1.54) is 11.1 Å². The van der Waals surface area contributed by atoms with E-state index in [1.807, 2.05) is 12.1 Å². The number of halogens is 1. The SMILES string of the molecule is Cc1cccc(Nc2cc(Br)nc(C(C)C)n2)c1C. The predicted molar refractivity (Wildman–Crippen MR) is 83.0 cm³/mol. The maximum atomic E-state index is 4.55. The molecule has 0 amide bonds. The highest BCUT2D eigenvalue weighted by atomic mass is 79.9. The van der Waals surface area contributed by atoms with E-state index in [-0.39, 0.29) is 0 Å². The van der Waals surface area contributed by atoms with Crippen LogP contribution in [-0.4, -0.2) is 9.97 Å². The first kappa shape index (κ1) is 14.0. The number of benzene rings is 1. The molecule has 0 radical (unpaired) electrons. The maximum absolute atomic E-state index is 4.55. The lowest BCUT2D eigenvalue weighted by Gasteiger charge is -2.12. The van der Waals surface area contributed by atoms with Gasteiger partial charge in [-0.3, -0.25) is 0 Å². The Labute approximate surface area is 122 Å². The summed E-state index contributed by atoms with van der Waals surface area (Å²) in [7, 11) is 0. The molecule has 0 aliphatic heterocycles. The second-order valence-electron chi connectivity index (χ2n) is 4.96. The van der Waals surface area contributed by atoms with Gasteiger partial charge in [0.1, 0.15) is 16.2 Å². The summed E-state index contributed by atoms with van der Waals surface area (Å²) in [5.41, 5.74) is 3.59. The summed E-state index contributed by atoms with van der Waals surface area (Å²) in [6.07, 6.45) is 0. The van der Waals surface area contributed by atoms with E-state index in [0.29, 0.717) is 5.92 Å². The standard InChI is InChI=1S/C15H18BrN3/c1-9(2)15-18-13(16)8-14(19-15)17-12-7-5-6-10(3)11(12)4/h5-9H,1-4H3,(H,17,18,19). The molecule has 1 aromatic carbocycles. The van der Waals surface area contributed by atoms with Crippen LogP contribution in [0.1, 0.15) is 36.7 Å². The average Bonchev–Trinajstić information content (AvgIpc) is 2.34. The Morgan fingerprint density at radius 3 is 2.58 bits per heavy atom. The minimum absolute atomic E-state index is 0.302. The third kappa shape index (κ3) is 3.32. The summed E-state index contributed by atoms with van der Waals surface area (Å²) in [5.74, 6) is 1.96. The van der Waals surface area contributed by atoms with Crippen LogP contribution < -0.4 is 5.32 Å². The van der Waals surface area contributed by atoms with Crippen molar-refractivity contribution in [3.05, 3.63) is 45.8 Å². The van der Waals surface area contributed by atoms with Gasteiger partial charge in [0.25, 0.3) is 0 Å². The Bertz CT molecular complexity index is 594. The number of aromatic nitrogens is 2. The quantitative estimate of drug-likeness (QED) is 0.831. The molecule has 0 saturated heterocycles. The van der Waals surface area contributed by atoms with E-state index in [4.69, 9.17) is 0 Å². The normalized spacial score (nSPS) is 10.8. The lowest BCUT2D eigenvalue weighted by atomic mass is 10.1. The first-order chi connectivity index (χ1) is 8.97. The molecule has 0 unspecified atom stereocenters. The molecule has 1 heterocycles. The molecule has 19 heavy (non-hydrogen) atoms. The van der Waals surface area contributed by atoms with Crippen molar-refractivity contribution in [2.45, 2.75) is 33.6 Å². The Morgan fingerprint density at radius 2 is 1.89 bits per heavy atom. The van der Waals surface area contributed by atoms with E-state index < -0.39 is 0 Å². The molecular weight excluding hydrogens is 302 g/mol. The lowest BCUT2D eigenvalue weighted by Crippen LogP contribution is -2.03. The van der Waals surface area contributed by atoms with Gasteiger partial charge in [0.15, 0.2) is 0 Å². The van der Waals surface area contributed by atoms with Crippen LogP contribution in [0.2, 0.25) is 0 Å². The van der Waals surface area contributed by atoms with E-state index in [1.54, 1.807) is 0 Å². The summed E-state index contributed by atoms with van der Waals surface area (Å²) in [4.78, 5) is 8.93. The molecule has 1 aromatic heterocycles. The first-order valence-corrected chi connectivity index (χ1v) is 7.14. The molecule has 0 aliphatic carbocycles. The van der Waals surface area contributed by atoms with Gasteiger partial charge >= 0.3 is 0 Å². The number of nitrogens with zero attached hydrogens (tertiary/aromatic N) is 2. The van der Waals surface area contributed by atoms with Crippen LogP contribution in [0.3, 0.4) is 0 Å². The van der Waals surface area contributed by atoms with Gasteiger partial charge in [0, 0.05) is 17.7 Å². The van der Waals surface area contributed by atoms with Crippen LogP contribution in [0.4, 0.5) is 11.5 Å². The molecule has 100 valence electrons. The smallest absolute Gasteiger partial charge is 0.135 e. The summed E-state index contributed by atoms with van der Waals surface area (Å²) in [6.45, 7) is 8.39. The average molecular weight is 320 g/mol. The van der Waals surface area contributed by atoms with Crippen molar-refractivity contribution in [3.63, 3.8) is 0 Å². The summed E-state index contributed by atoms with van der Waals surface area (Å²) >= 11 is 3.44. The number of nitrogens with one attached hydrogen (secondary N) is 1. The minimum atomic E-state index is 0.302. The molecular formula is C15H18BrN3. The highest BCUT2D eigenvalue weighted by Gasteiger charge is 2.08. The second kappa shape index (κ2) is 5.70. The van der Waals surface area contributed by atoms with Gasteiger partial charge < -0.3 is 5.32 Å². The fourth-order valence-electron chi connectivity index (χ4n) is 1.78. The van der Waals surface area contributed by atoms with Crippen molar-refractivity contribution in [2.24, 2.45) is 0 Å². The monoisotopic (exact) mass is 319 g/mol. The third-order valence-electron chi connectivity index (χ3n) is 3.10. The molecule has 0 aliphatic rings. The van der Waals surface area contributed by atoms with E-state index in [2.05, 4.69) is 71.0 Å². The van der Waals surface area contributed by atoms with E-state index >= 15 is 0 Å². The van der Waals surface area contributed by atoms with Crippen LogP contribution >= 0.6 is 15.9 Å². The topological polar surface area (TPSA) is 37.8 Å². The molecule has 2 aromatic rings. The Morgan fingerprint density at radius 1 is 1.16 bits per heavy atom. The predicted octanol–water partition coefficient (Wildman–Crippen LogP) is 4.72. The van der Waals surface area contributed by atoms with Crippen molar-refractivity contribution in [3.8, 4) is 0 Å². The number of hydrogen-bond donors (Lipinski definition) is 1. The van der Waals surface area contributed by atoms with Gasteiger partial charge in [-0.2, -0.15) is 0 Å². The van der Waals surface area contributed by atoms with E-state index in [9.17, 15) is 0 Å². The molecule has 0 saturated carbocycles. The zero-order chi connectivity index (χ0) is 14.0. The zero-order valence-electron chi connectivity index (χ0n) is 11.7. The zero-order valence-corrected chi connectivity index (χ0v) is 13.2. The Kier molecular flexibility index (Phi) is 4.20. The Hall–Kier alpha value is -1.42. The molecule has 0 bridgehead atoms. The van der Waals surface area contributed by atoms with Crippen molar-refractivity contribution < 1.29 is 0 Å². The van der Waals surface area contributed by atoms with Gasteiger partial charge in [0.05, 0.1) is 0 Å². The molecule has 3 nitrogen and oxygen atoms in total. The van der Waals surface area contributed by atoms with Gasteiger partial charge in [0.2, 0.25) is 0 Å². The van der Waals surface area contributed by atoms with Crippen LogP contribution in [0.5, 0.6) is 0 Å². The van der Waals surface area contributed by atoms with E-state index in [0.717, 1.165) is 21.9 Å². The van der Waals surface area contributed by atoms with Gasteiger partial charge in [-0.25, -0.2) is 9.97 Å². The van der Waals surface area contributed by atoms with Crippen molar-refractivity contribution >= 4 is 27.4 Å². The molecule has 0 fully saturated rings. The summed E-state index contributed by atoms with van der Waals surface area (Å²) in [6, 6.07) is 8.11. The van der Waals surface area contributed by atoms with Gasteiger partial charge in [-0.15, -0.1) is 0 Å². The minimum Gasteiger partial charge on any atom is -0.340 e. The van der Waals surface area contributed by atoms with Crippen molar-refractivity contribution in [2.75, 3.05) is 5.32 Å². The maximum Gasteiger partial charge on any atom is 0.135 e. The number of hydrogen-bond acceptors (Lipinski definition) is 3. The fourth-order valence-corrected chi connectivity index (χ4v) is 2.18. The van der Waals surface area contributed by atoms with Gasteiger partial charge in [-0.1, -0.05) is 26.0 Å². The van der Waals surface area contributed by atoms with Gasteiger partial charge in [-0.05, 0) is 47.0 Å².